The maximum absolute atomic E-state index is 14.5. The normalized spacial score (nSPS) is 18.5. The zero-order valence-electron chi connectivity index (χ0n) is 20.1. The van der Waals surface area contributed by atoms with E-state index >= 15 is 0 Å². The van der Waals surface area contributed by atoms with E-state index in [0.717, 1.165) is 30.0 Å². The lowest BCUT2D eigenvalue weighted by Gasteiger charge is -2.28. The molecular weight excluding hydrogens is 423 g/mol. The number of hydrogen-bond donors (Lipinski definition) is 0. The summed E-state index contributed by atoms with van der Waals surface area (Å²) in [6.07, 6.45) is 0. The van der Waals surface area contributed by atoms with E-state index in [1.54, 1.807) is 20.3 Å². The van der Waals surface area contributed by atoms with Crippen LogP contribution in [0.4, 0.5) is 4.39 Å². The molecule has 2 atom stereocenters. The molecule has 0 saturated carbocycles. The molecule has 1 aliphatic rings. The molecule has 1 aliphatic heterocycles. The van der Waals surface area contributed by atoms with Gasteiger partial charge in [-0.1, -0.05) is 29.8 Å². The van der Waals surface area contributed by atoms with Gasteiger partial charge >= 0.3 is 0 Å². The Balaban J connectivity index is 1.84. The Labute approximate surface area is 196 Å². The highest BCUT2D eigenvalue weighted by Gasteiger charge is 2.36. The lowest BCUT2D eigenvalue weighted by atomic mass is 9.88. The second-order valence-corrected chi connectivity index (χ2v) is 8.70. The molecule has 2 aromatic carbocycles. The van der Waals surface area contributed by atoms with E-state index in [0.29, 0.717) is 31.8 Å². The lowest BCUT2D eigenvalue weighted by Crippen LogP contribution is -2.41. The number of ether oxygens (including phenoxy) is 3. The summed E-state index contributed by atoms with van der Waals surface area (Å²) in [5, 5.41) is 0. The molecule has 0 aliphatic carbocycles. The van der Waals surface area contributed by atoms with Gasteiger partial charge in [0.15, 0.2) is 0 Å². The fraction of sp³-hybridized carbons (Fsp3) is 0.500. The van der Waals surface area contributed by atoms with E-state index < -0.39 is 0 Å². The molecule has 0 N–H and O–H groups in total. The van der Waals surface area contributed by atoms with Gasteiger partial charge in [-0.2, -0.15) is 0 Å². The average Bonchev–Trinajstić information content (AvgIpc) is 3.21. The molecule has 2 aromatic rings. The highest BCUT2D eigenvalue weighted by atomic mass is 19.1. The van der Waals surface area contributed by atoms with Crippen molar-refractivity contribution < 1.29 is 23.4 Å². The van der Waals surface area contributed by atoms with Crippen molar-refractivity contribution in [2.75, 3.05) is 60.7 Å². The van der Waals surface area contributed by atoms with Gasteiger partial charge in [-0.25, -0.2) is 4.39 Å². The summed E-state index contributed by atoms with van der Waals surface area (Å²) in [6, 6.07) is 13.3. The first kappa shape index (κ1) is 25.1. The molecule has 0 aromatic heterocycles. The van der Waals surface area contributed by atoms with E-state index in [-0.39, 0.29) is 30.2 Å². The van der Waals surface area contributed by atoms with Crippen molar-refractivity contribution in [1.29, 1.82) is 0 Å². The Hall–Kier alpha value is -2.48. The van der Waals surface area contributed by atoms with Crippen LogP contribution in [0.25, 0.3) is 0 Å². The van der Waals surface area contributed by atoms with Gasteiger partial charge in [-0.3, -0.25) is 9.69 Å². The van der Waals surface area contributed by atoms with Crippen LogP contribution < -0.4 is 4.74 Å². The van der Waals surface area contributed by atoms with Crippen molar-refractivity contribution in [3.63, 3.8) is 0 Å². The van der Waals surface area contributed by atoms with Crippen LogP contribution in [0.2, 0.25) is 0 Å². The predicted octanol–water partition coefficient (Wildman–Crippen LogP) is 3.48. The van der Waals surface area contributed by atoms with E-state index in [1.807, 2.05) is 30.0 Å². The second-order valence-electron chi connectivity index (χ2n) is 8.70. The summed E-state index contributed by atoms with van der Waals surface area (Å²) >= 11 is 0. The number of hydrogen-bond acceptors (Lipinski definition) is 5. The monoisotopic (exact) mass is 458 g/mol. The Morgan fingerprint density at radius 2 is 1.94 bits per heavy atom. The first-order chi connectivity index (χ1) is 15.9. The van der Waals surface area contributed by atoms with Crippen molar-refractivity contribution in [3.8, 4) is 5.75 Å². The third kappa shape index (κ3) is 6.76. The molecular formula is C26H35FN2O4. The summed E-state index contributed by atoms with van der Waals surface area (Å²) < 4.78 is 30.2. The SMILES string of the molecule is COCCN(CC1CN(Cc2cc(C)ccc2F)CC1c1cccc(OC)c1)C(=O)COC. The van der Waals surface area contributed by atoms with Gasteiger partial charge in [0.2, 0.25) is 5.91 Å². The van der Waals surface area contributed by atoms with Crippen LogP contribution in [-0.2, 0) is 20.8 Å². The van der Waals surface area contributed by atoms with Gasteiger partial charge in [0.1, 0.15) is 18.2 Å². The van der Waals surface area contributed by atoms with Gasteiger partial charge in [0, 0.05) is 58.4 Å². The minimum atomic E-state index is -0.182. The number of nitrogens with zero attached hydrogens (tertiary/aromatic N) is 2. The number of rotatable bonds is 11. The highest BCUT2D eigenvalue weighted by Crippen LogP contribution is 2.35. The molecule has 1 saturated heterocycles. The molecule has 0 spiro atoms. The number of benzene rings is 2. The first-order valence-electron chi connectivity index (χ1n) is 11.3. The summed E-state index contributed by atoms with van der Waals surface area (Å²) in [6.45, 7) is 5.65. The van der Waals surface area contributed by atoms with Crippen LogP contribution in [0, 0.1) is 18.7 Å². The van der Waals surface area contributed by atoms with Crippen molar-refractivity contribution in [2.24, 2.45) is 5.92 Å². The van der Waals surface area contributed by atoms with Crippen molar-refractivity contribution in [2.45, 2.75) is 19.4 Å². The Morgan fingerprint density at radius 3 is 2.67 bits per heavy atom. The van der Waals surface area contributed by atoms with Gasteiger partial charge < -0.3 is 19.1 Å². The molecule has 3 rings (SSSR count). The molecule has 7 heteroatoms. The number of halogens is 1. The van der Waals surface area contributed by atoms with Gasteiger partial charge in [0.05, 0.1) is 13.7 Å². The topological polar surface area (TPSA) is 51.2 Å². The molecule has 1 heterocycles. The fourth-order valence-electron chi connectivity index (χ4n) is 4.61. The first-order valence-corrected chi connectivity index (χ1v) is 11.3. The highest BCUT2D eigenvalue weighted by molar-refractivity contribution is 5.77. The largest absolute Gasteiger partial charge is 0.497 e. The van der Waals surface area contributed by atoms with Crippen molar-refractivity contribution in [3.05, 3.63) is 65.0 Å². The van der Waals surface area contributed by atoms with Crippen LogP contribution >= 0.6 is 0 Å². The van der Waals surface area contributed by atoms with E-state index in [9.17, 15) is 9.18 Å². The third-order valence-electron chi connectivity index (χ3n) is 6.27. The average molecular weight is 459 g/mol. The minimum Gasteiger partial charge on any atom is -0.497 e. The number of amides is 1. The summed E-state index contributed by atoms with van der Waals surface area (Å²) in [4.78, 5) is 16.8. The molecule has 1 fully saturated rings. The fourth-order valence-corrected chi connectivity index (χ4v) is 4.61. The smallest absolute Gasteiger partial charge is 0.248 e. The van der Waals surface area contributed by atoms with Crippen LogP contribution in [0.3, 0.4) is 0 Å². The van der Waals surface area contributed by atoms with Crippen LogP contribution in [0.5, 0.6) is 5.75 Å². The molecule has 2 unspecified atom stereocenters. The van der Waals surface area contributed by atoms with E-state index in [4.69, 9.17) is 14.2 Å². The zero-order valence-corrected chi connectivity index (χ0v) is 20.1. The van der Waals surface area contributed by atoms with Crippen molar-refractivity contribution >= 4 is 5.91 Å². The summed E-state index contributed by atoms with van der Waals surface area (Å²) in [5.74, 6) is 0.943. The van der Waals surface area contributed by atoms with Crippen LogP contribution in [-0.4, -0.2) is 76.4 Å². The van der Waals surface area contributed by atoms with Crippen molar-refractivity contribution in [1.82, 2.24) is 9.80 Å². The molecule has 0 bridgehead atoms. The van der Waals surface area contributed by atoms with E-state index in [2.05, 4.69) is 17.0 Å². The maximum Gasteiger partial charge on any atom is 0.248 e. The molecule has 6 nitrogen and oxygen atoms in total. The third-order valence-corrected chi connectivity index (χ3v) is 6.27. The maximum atomic E-state index is 14.5. The van der Waals surface area contributed by atoms with Gasteiger partial charge in [-0.05, 0) is 36.6 Å². The molecule has 180 valence electrons. The van der Waals surface area contributed by atoms with Gasteiger partial charge in [-0.15, -0.1) is 0 Å². The lowest BCUT2D eigenvalue weighted by molar-refractivity contribution is -0.136. The number of methoxy groups -OCH3 is 3. The Bertz CT molecular complexity index is 923. The Kier molecular flexibility index (Phi) is 9.23. The zero-order chi connectivity index (χ0) is 23.8. The number of likely N-dealkylation sites (tertiary alicyclic amines) is 1. The summed E-state index contributed by atoms with van der Waals surface area (Å²) in [7, 11) is 4.82. The van der Waals surface area contributed by atoms with Crippen LogP contribution in [0.15, 0.2) is 42.5 Å². The van der Waals surface area contributed by atoms with E-state index in [1.165, 1.54) is 13.2 Å². The number of carbonyl (C=O) groups excluding carboxylic acids is 1. The number of aryl methyl sites for hydroxylation is 1. The standard InChI is InChI=1S/C26H35FN2O4/c1-19-8-9-25(27)21(12-19)14-28-15-22(16-29(10-11-31-2)26(30)18-32-3)24(17-28)20-6-5-7-23(13-20)33-4/h5-9,12-13,22,24H,10-11,14-18H2,1-4H3. The Morgan fingerprint density at radius 1 is 1.12 bits per heavy atom. The number of carbonyl (C=O) groups is 1. The summed E-state index contributed by atoms with van der Waals surface area (Å²) in [5.41, 5.74) is 2.91. The predicted molar refractivity (Wildman–Crippen MR) is 126 cm³/mol. The quantitative estimate of drug-likeness (QED) is 0.516. The minimum absolute atomic E-state index is 0.0402. The molecule has 1 amide bonds. The second kappa shape index (κ2) is 12.1. The van der Waals surface area contributed by atoms with Gasteiger partial charge in [0.25, 0.3) is 0 Å². The molecule has 33 heavy (non-hydrogen) atoms. The molecule has 0 radical (unpaired) electrons. The van der Waals surface area contributed by atoms with Crippen LogP contribution in [0.1, 0.15) is 22.6 Å².